The maximum Gasteiger partial charge on any atom is 0.339 e. The molecule has 10 heteroatoms. The van der Waals surface area contributed by atoms with E-state index in [4.69, 9.17) is 39.6 Å². The molecule has 0 aliphatic heterocycles. The molecule has 3 aromatic rings. The summed E-state index contributed by atoms with van der Waals surface area (Å²) in [5, 5.41) is 8.03. The average Bonchev–Trinajstić information content (AvgIpc) is 2.72. The van der Waals surface area contributed by atoms with E-state index in [-0.39, 0.29) is 15.8 Å². The Hall–Kier alpha value is -2.65. The molecule has 3 rings (SSSR count). The Labute approximate surface area is 196 Å². The van der Waals surface area contributed by atoms with Crippen LogP contribution in [0.1, 0.15) is 11.1 Å². The summed E-state index contributed by atoms with van der Waals surface area (Å²) in [6.45, 7) is 1.87. The Kier molecular flexibility index (Phi) is 7.50. The molecule has 0 bridgehead atoms. The molecule has 160 valence electrons. The predicted molar refractivity (Wildman–Crippen MR) is 129 cm³/mol. The second kappa shape index (κ2) is 10.1. The first-order chi connectivity index (χ1) is 14.7. The number of hydrogen-bond donors (Lipinski definition) is 2. The number of rotatable bonds is 6. The zero-order chi connectivity index (χ0) is 22.4. The van der Waals surface area contributed by atoms with Crippen LogP contribution in [0.5, 0.6) is 5.75 Å². The van der Waals surface area contributed by atoms with Crippen LogP contribution in [0.15, 0.2) is 76.7 Å². The maximum atomic E-state index is 12.6. The summed E-state index contributed by atoms with van der Waals surface area (Å²) in [6.07, 6.45) is 1.40. The Morgan fingerprint density at radius 3 is 2.52 bits per heavy atom. The van der Waals surface area contributed by atoms with Crippen molar-refractivity contribution in [1.29, 1.82) is 0 Å². The molecule has 0 aromatic heterocycles. The first-order valence-corrected chi connectivity index (χ1v) is 11.5. The maximum absolute atomic E-state index is 12.6. The third-order valence-corrected chi connectivity index (χ3v) is 5.98. The van der Waals surface area contributed by atoms with Crippen molar-refractivity contribution in [2.45, 2.75) is 11.8 Å². The van der Waals surface area contributed by atoms with Gasteiger partial charge in [-0.15, -0.1) is 0 Å². The quantitative estimate of drug-likeness (QED) is 0.207. The van der Waals surface area contributed by atoms with E-state index in [1.807, 2.05) is 6.92 Å². The molecule has 0 spiro atoms. The number of nitrogens with one attached hydrogen (secondary N) is 2. The van der Waals surface area contributed by atoms with Crippen molar-refractivity contribution in [3.8, 4) is 5.75 Å². The topological polar surface area (TPSA) is 79.8 Å². The van der Waals surface area contributed by atoms with Crippen LogP contribution in [0.3, 0.4) is 0 Å². The summed E-state index contributed by atoms with van der Waals surface area (Å²) in [7, 11) is -3.99. The van der Waals surface area contributed by atoms with E-state index in [1.54, 1.807) is 48.5 Å². The highest BCUT2D eigenvalue weighted by atomic mass is 35.5. The number of thiocarbonyl (C=S) groups is 1. The molecular formula is C21H17Cl2N3O3S2. The summed E-state index contributed by atoms with van der Waals surface area (Å²) >= 11 is 17.2. The summed E-state index contributed by atoms with van der Waals surface area (Å²) in [6, 6.07) is 17.9. The smallest absolute Gasteiger partial charge is 0.339 e. The number of nitrogens with zero attached hydrogens (tertiary/aromatic N) is 1. The fraction of sp³-hybridized carbons (Fsp3) is 0.0476. The van der Waals surface area contributed by atoms with Crippen LogP contribution in [0.25, 0.3) is 0 Å². The van der Waals surface area contributed by atoms with Gasteiger partial charge in [-0.05, 0) is 61.6 Å². The van der Waals surface area contributed by atoms with Gasteiger partial charge < -0.3 is 9.50 Å². The summed E-state index contributed by atoms with van der Waals surface area (Å²) in [5.74, 6) is 0.130. The molecule has 0 aliphatic carbocycles. The van der Waals surface area contributed by atoms with Crippen LogP contribution in [0.4, 0.5) is 5.69 Å². The van der Waals surface area contributed by atoms with Gasteiger partial charge >= 0.3 is 10.1 Å². The molecule has 0 heterocycles. The number of hydrazone groups is 1. The van der Waals surface area contributed by atoms with Gasteiger partial charge in [-0.2, -0.15) is 13.5 Å². The summed E-state index contributed by atoms with van der Waals surface area (Å²) in [5.41, 5.74) is 4.54. The largest absolute Gasteiger partial charge is 0.378 e. The summed E-state index contributed by atoms with van der Waals surface area (Å²) < 4.78 is 30.5. The first kappa shape index (κ1) is 23.0. The fourth-order valence-electron chi connectivity index (χ4n) is 2.44. The van der Waals surface area contributed by atoms with E-state index in [2.05, 4.69) is 15.8 Å². The van der Waals surface area contributed by atoms with Crippen LogP contribution in [-0.2, 0) is 10.1 Å². The number of anilines is 1. The molecule has 0 radical (unpaired) electrons. The summed E-state index contributed by atoms with van der Waals surface area (Å²) in [4.78, 5) is 0.0618. The second-order valence-corrected chi connectivity index (χ2v) is 9.13. The number of aryl methyl sites for hydroxylation is 1. The Morgan fingerprint density at radius 1 is 1.06 bits per heavy atom. The Morgan fingerprint density at radius 2 is 1.77 bits per heavy atom. The number of hydrogen-bond acceptors (Lipinski definition) is 5. The SMILES string of the molecule is Cc1ccc(S(=O)(=O)Oc2ccccc2C=NNC(=S)Nc2cc(Cl)ccc2Cl)cc1. The molecule has 0 unspecified atom stereocenters. The standard InChI is InChI=1S/C21H17Cl2N3O3S2/c1-14-6-9-17(10-7-14)31(27,28)29-20-5-3-2-4-15(20)13-24-26-21(30)25-19-12-16(22)8-11-18(19)23/h2-13H,1H3,(H2,25,26,30). The lowest BCUT2D eigenvalue weighted by molar-refractivity contribution is 0.485. The minimum absolute atomic E-state index is 0.0618. The van der Waals surface area contributed by atoms with Gasteiger partial charge in [0.25, 0.3) is 0 Å². The van der Waals surface area contributed by atoms with Crippen molar-refractivity contribution in [2.75, 3.05) is 5.32 Å². The normalized spacial score (nSPS) is 11.3. The lowest BCUT2D eigenvalue weighted by Crippen LogP contribution is -2.24. The van der Waals surface area contributed by atoms with Crippen molar-refractivity contribution < 1.29 is 12.6 Å². The fourth-order valence-corrected chi connectivity index (χ4v) is 3.89. The van der Waals surface area contributed by atoms with Crippen molar-refractivity contribution in [2.24, 2.45) is 5.10 Å². The predicted octanol–water partition coefficient (Wildman–Crippen LogP) is 5.39. The molecule has 0 atom stereocenters. The van der Waals surface area contributed by atoms with Crippen LogP contribution < -0.4 is 14.9 Å². The van der Waals surface area contributed by atoms with Crippen LogP contribution in [0.2, 0.25) is 10.0 Å². The van der Waals surface area contributed by atoms with E-state index < -0.39 is 10.1 Å². The van der Waals surface area contributed by atoms with Crippen molar-refractivity contribution in [3.05, 3.63) is 87.9 Å². The molecule has 31 heavy (non-hydrogen) atoms. The van der Waals surface area contributed by atoms with E-state index in [9.17, 15) is 8.42 Å². The van der Waals surface area contributed by atoms with Gasteiger partial charge in [-0.3, -0.25) is 5.43 Å². The third kappa shape index (κ3) is 6.41. The Bertz CT molecular complexity index is 1230. The highest BCUT2D eigenvalue weighted by Crippen LogP contribution is 2.25. The van der Waals surface area contributed by atoms with Gasteiger partial charge in [0, 0.05) is 10.6 Å². The molecule has 0 saturated carbocycles. The van der Waals surface area contributed by atoms with Crippen LogP contribution in [-0.4, -0.2) is 19.7 Å². The molecular weight excluding hydrogens is 477 g/mol. The van der Waals surface area contributed by atoms with Gasteiger partial charge in [0.1, 0.15) is 4.90 Å². The first-order valence-electron chi connectivity index (χ1n) is 8.90. The molecule has 2 N–H and O–H groups in total. The third-order valence-electron chi connectivity index (χ3n) is 3.97. The molecule has 0 aliphatic rings. The van der Waals surface area contributed by atoms with Gasteiger partial charge in [-0.1, -0.05) is 53.0 Å². The van der Waals surface area contributed by atoms with Gasteiger partial charge in [0.05, 0.1) is 16.9 Å². The molecule has 6 nitrogen and oxygen atoms in total. The van der Waals surface area contributed by atoms with Gasteiger partial charge in [0.15, 0.2) is 10.9 Å². The highest BCUT2D eigenvalue weighted by Gasteiger charge is 2.17. The molecule has 0 fully saturated rings. The number of benzene rings is 3. The van der Waals surface area contributed by atoms with Gasteiger partial charge in [0.2, 0.25) is 0 Å². The van der Waals surface area contributed by atoms with E-state index in [1.165, 1.54) is 24.4 Å². The van der Waals surface area contributed by atoms with Crippen molar-refractivity contribution in [1.82, 2.24) is 5.43 Å². The average molecular weight is 494 g/mol. The number of para-hydroxylation sites is 1. The molecule has 3 aromatic carbocycles. The second-order valence-electron chi connectivity index (χ2n) is 6.34. The van der Waals surface area contributed by atoms with Crippen molar-refractivity contribution in [3.63, 3.8) is 0 Å². The van der Waals surface area contributed by atoms with Crippen LogP contribution >= 0.6 is 35.4 Å². The van der Waals surface area contributed by atoms with Crippen molar-refractivity contribution >= 4 is 62.6 Å². The lowest BCUT2D eigenvalue weighted by atomic mass is 10.2. The molecule has 0 amide bonds. The minimum Gasteiger partial charge on any atom is -0.378 e. The lowest BCUT2D eigenvalue weighted by Gasteiger charge is -2.10. The molecule has 0 saturated heterocycles. The van der Waals surface area contributed by atoms with E-state index in [0.717, 1.165) is 5.56 Å². The monoisotopic (exact) mass is 493 g/mol. The number of halogens is 2. The minimum atomic E-state index is -3.99. The zero-order valence-corrected chi connectivity index (χ0v) is 19.3. The Balaban J connectivity index is 1.70. The van der Waals surface area contributed by atoms with Gasteiger partial charge in [-0.25, -0.2) is 0 Å². The van der Waals surface area contributed by atoms with Crippen LogP contribution in [0, 0.1) is 6.92 Å². The zero-order valence-electron chi connectivity index (χ0n) is 16.2. The highest BCUT2D eigenvalue weighted by molar-refractivity contribution is 7.87. The van der Waals surface area contributed by atoms with E-state index in [0.29, 0.717) is 21.3 Å². The van der Waals surface area contributed by atoms with E-state index >= 15 is 0 Å².